The van der Waals surface area contributed by atoms with Crippen molar-refractivity contribution in [2.75, 3.05) is 5.73 Å². The Morgan fingerprint density at radius 3 is 2.78 bits per heavy atom. The van der Waals surface area contributed by atoms with Gasteiger partial charge in [0.2, 0.25) is 0 Å². The lowest BCUT2D eigenvalue weighted by Gasteiger charge is -2.17. The Labute approximate surface area is 157 Å². The van der Waals surface area contributed by atoms with Crippen LogP contribution in [0.3, 0.4) is 0 Å². The molecule has 3 aromatic rings. The normalized spacial score (nSPS) is 14.2. The first kappa shape index (κ1) is 17.2. The van der Waals surface area contributed by atoms with E-state index in [1.807, 2.05) is 11.6 Å². The molecule has 0 aliphatic heterocycles. The smallest absolute Gasteiger partial charge is 0.161 e. The minimum atomic E-state index is -0.470. The van der Waals surface area contributed by atoms with Gasteiger partial charge in [0.25, 0.3) is 0 Å². The predicted octanol–water partition coefficient (Wildman–Crippen LogP) is 4.00. The molecule has 0 radical (unpaired) electrons. The first-order valence-corrected chi connectivity index (χ1v) is 8.95. The summed E-state index contributed by atoms with van der Waals surface area (Å²) in [6, 6.07) is 0. The van der Waals surface area contributed by atoms with Crippen molar-refractivity contribution < 1.29 is 4.39 Å². The van der Waals surface area contributed by atoms with Crippen molar-refractivity contribution in [3.63, 3.8) is 0 Å². The van der Waals surface area contributed by atoms with Crippen LogP contribution >= 0.6 is 0 Å². The number of nitrogens with two attached hydrogens (primary N) is 1. The number of nitrogens with zero attached hydrogens (tertiary/aromatic N) is 4. The number of fused-ring (bicyclic) bond motifs is 1. The molecular formula is C21H20FN5. The second-order valence-corrected chi connectivity index (χ2v) is 6.82. The van der Waals surface area contributed by atoms with Crippen LogP contribution in [0, 0.1) is 25.1 Å². The van der Waals surface area contributed by atoms with Crippen LogP contribution < -0.4 is 5.73 Å². The Morgan fingerprint density at radius 2 is 2.07 bits per heavy atom. The summed E-state index contributed by atoms with van der Waals surface area (Å²) in [6.45, 7) is 1.72. The highest BCUT2D eigenvalue weighted by Crippen LogP contribution is 2.42. The number of rotatable bonds is 2. The average molecular weight is 361 g/mol. The van der Waals surface area contributed by atoms with E-state index in [4.69, 9.17) is 12.2 Å². The Morgan fingerprint density at radius 1 is 1.26 bits per heavy atom. The lowest BCUT2D eigenvalue weighted by Crippen LogP contribution is -2.02. The number of allylic oxidation sites excluding steroid dienone is 2. The predicted molar refractivity (Wildman–Crippen MR) is 105 cm³/mol. The van der Waals surface area contributed by atoms with Crippen molar-refractivity contribution in [3.8, 4) is 23.6 Å². The zero-order valence-electron chi connectivity index (χ0n) is 15.4. The van der Waals surface area contributed by atoms with E-state index in [1.54, 1.807) is 13.1 Å². The second kappa shape index (κ2) is 6.51. The summed E-state index contributed by atoms with van der Waals surface area (Å²) in [7, 11) is 1.91. The minimum absolute atomic E-state index is 0.0211. The lowest BCUT2D eigenvalue weighted by atomic mass is 9.90. The molecule has 0 saturated heterocycles. The fourth-order valence-corrected chi connectivity index (χ4v) is 3.89. The van der Waals surface area contributed by atoms with Crippen LogP contribution in [0.2, 0.25) is 0 Å². The van der Waals surface area contributed by atoms with E-state index in [2.05, 4.69) is 26.9 Å². The molecule has 5 nitrogen and oxygen atoms in total. The zero-order chi connectivity index (χ0) is 19.1. The monoisotopic (exact) mass is 361 g/mol. The average Bonchev–Trinajstić information content (AvgIpc) is 2.99. The highest BCUT2D eigenvalue weighted by atomic mass is 19.1. The first-order chi connectivity index (χ1) is 13.0. The molecule has 0 spiro atoms. The maximum Gasteiger partial charge on any atom is 0.161 e. The van der Waals surface area contributed by atoms with Crippen molar-refractivity contribution in [2.45, 2.75) is 32.6 Å². The van der Waals surface area contributed by atoms with E-state index in [0.29, 0.717) is 16.9 Å². The van der Waals surface area contributed by atoms with Gasteiger partial charge in [0.05, 0.1) is 11.1 Å². The second-order valence-electron chi connectivity index (χ2n) is 6.82. The third kappa shape index (κ3) is 2.58. The van der Waals surface area contributed by atoms with Crippen LogP contribution in [-0.4, -0.2) is 19.5 Å². The molecule has 0 amide bonds. The summed E-state index contributed by atoms with van der Waals surface area (Å²) < 4.78 is 16.6. The molecule has 0 fully saturated rings. The SMILES string of the molecule is C#Cc1ncc(-c2c(C3=CCCCC3)c3c(N)ncnc3n2C)c(C)c1F. The quantitative estimate of drug-likeness (QED) is 0.701. The van der Waals surface area contributed by atoms with Gasteiger partial charge in [-0.15, -0.1) is 6.42 Å². The molecule has 4 rings (SSSR count). The molecule has 1 aliphatic rings. The fraction of sp³-hybridized carbons (Fsp3) is 0.286. The molecular weight excluding hydrogens is 341 g/mol. The molecule has 136 valence electrons. The third-order valence-electron chi connectivity index (χ3n) is 5.26. The number of aryl methyl sites for hydroxylation is 1. The minimum Gasteiger partial charge on any atom is -0.383 e. The zero-order valence-corrected chi connectivity index (χ0v) is 15.4. The summed E-state index contributed by atoms with van der Waals surface area (Å²) in [5.41, 5.74) is 11.1. The summed E-state index contributed by atoms with van der Waals surface area (Å²) in [4.78, 5) is 12.8. The van der Waals surface area contributed by atoms with Gasteiger partial charge < -0.3 is 10.3 Å². The number of aromatic nitrogens is 4. The Balaban J connectivity index is 2.12. The summed E-state index contributed by atoms with van der Waals surface area (Å²) >= 11 is 0. The number of pyridine rings is 1. The van der Waals surface area contributed by atoms with Crippen molar-refractivity contribution >= 4 is 22.4 Å². The van der Waals surface area contributed by atoms with Crippen LogP contribution in [0.25, 0.3) is 27.9 Å². The maximum absolute atomic E-state index is 14.7. The van der Waals surface area contributed by atoms with Gasteiger partial charge in [-0.25, -0.2) is 19.3 Å². The molecule has 27 heavy (non-hydrogen) atoms. The van der Waals surface area contributed by atoms with Crippen LogP contribution in [0.5, 0.6) is 0 Å². The number of hydrogen-bond donors (Lipinski definition) is 1. The number of hydrogen-bond acceptors (Lipinski definition) is 4. The number of anilines is 1. The van der Waals surface area contributed by atoms with Crippen molar-refractivity contribution in [3.05, 3.63) is 41.2 Å². The van der Waals surface area contributed by atoms with E-state index >= 15 is 0 Å². The largest absolute Gasteiger partial charge is 0.383 e. The summed E-state index contributed by atoms with van der Waals surface area (Å²) in [5, 5.41) is 0.809. The molecule has 6 heteroatoms. The molecule has 0 aromatic carbocycles. The molecule has 0 saturated carbocycles. The summed E-state index contributed by atoms with van der Waals surface area (Å²) in [6.07, 6.45) is 14.9. The van der Waals surface area contributed by atoms with E-state index in [9.17, 15) is 4.39 Å². The molecule has 1 aliphatic carbocycles. The lowest BCUT2D eigenvalue weighted by molar-refractivity contribution is 0.608. The van der Waals surface area contributed by atoms with Gasteiger partial charge >= 0.3 is 0 Å². The van der Waals surface area contributed by atoms with Gasteiger partial charge in [-0.3, -0.25) is 0 Å². The molecule has 3 aromatic heterocycles. The van der Waals surface area contributed by atoms with Crippen molar-refractivity contribution in [1.29, 1.82) is 0 Å². The van der Waals surface area contributed by atoms with Crippen molar-refractivity contribution in [1.82, 2.24) is 19.5 Å². The molecule has 0 atom stereocenters. The number of terminal acetylenes is 1. The van der Waals surface area contributed by atoms with Crippen LogP contribution in [0.15, 0.2) is 18.6 Å². The van der Waals surface area contributed by atoms with Gasteiger partial charge in [0.1, 0.15) is 23.5 Å². The third-order valence-corrected chi connectivity index (χ3v) is 5.26. The fourth-order valence-electron chi connectivity index (χ4n) is 3.89. The number of halogens is 1. The van der Waals surface area contributed by atoms with E-state index in [0.717, 1.165) is 41.6 Å². The molecule has 2 N–H and O–H groups in total. The van der Waals surface area contributed by atoms with Gasteiger partial charge in [-0.1, -0.05) is 6.08 Å². The van der Waals surface area contributed by atoms with Gasteiger partial charge in [0.15, 0.2) is 5.82 Å². The van der Waals surface area contributed by atoms with Gasteiger partial charge in [0, 0.05) is 24.4 Å². The maximum atomic E-state index is 14.7. The van der Waals surface area contributed by atoms with Crippen molar-refractivity contribution in [2.24, 2.45) is 7.05 Å². The topological polar surface area (TPSA) is 69.6 Å². The van der Waals surface area contributed by atoms with E-state index < -0.39 is 5.82 Å². The standard InChI is InChI=1S/C21H20FN5/c1-4-15-18(22)12(2)14(10-24-15)19-16(13-8-6-5-7-9-13)17-20(23)25-11-26-21(17)27(19)3/h1,8,10-11H,5-7,9H2,2-3H3,(H2,23,25,26). The van der Waals surface area contributed by atoms with E-state index in [-0.39, 0.29) is 5.69 Å². The molecule has 0 bridgehead atoms. The molecule has 3 heterocycles. The Kier molecular flexibility index (Phi) is 4.15. The number of nitrogen functional groups attached to an aromatic ring is 1. The first-order valence-electron chi connectivity index (χ1n) is 8.95. The van der Waals surface area contributed by atoms with Gasteiger partial charge in [-0.2, -0.15) is 0 Å². The van der Waals surface area contributed by atoms with Crippen LogP contribution in [0.4, 0.5) is 10.2 Å². The highest BCUT2D eigenvalue weighted by molar-refractivity contribution is 6.04. The van der Waals surface area contributed by atoms with Crippen LogP contribution in [-0.2, 0) is 7.05 Å². The van der Waals surface area contributed by atoms with Gasteiger partial charge in [-0.05, 0) is 49.7 Å². The Hall–Kier alpha value is -3.20. The Bertz CT molecular complexity index is 1130. The van der Waals surface area contributed by atoms with E-state index in [1.165, 1.54) is 18.3 Å². The van der Waals surface area contributed by atoms with Crippen LogP contribution in [0.1, 0.15) is 42.5 Å². The molecule has 0 unspecified atom stereocenters. The highest BCUT2D eigenvalue weighted by Gasteiger charge is 2.25. The summed E-state index contributed by atoms with van der Waals surface area (Å²) in [5.74, 6) is 2.25.